The van der Waals surface area contributed by atoms with Gasteiger partial charge in [0.1, 0.15) is 0 Å². The molecule has 1 aliphatic rings. The lowest BCUT2D eigenvalue weighted by molar-refractivity contribution is 0.438. The Morgan fingerprint density at radius 1 is 1.35 bits per heavy atom. The Labute approximate surface area is 130 Å². The maximum Gasteiger partial charge on any atom is 0.244 e. The molecular weight excluding hydrogens is 364 g/mol. The first kappa shape index (κ1) is 16.1. The summed E-state index contributed by atoms with van der Waals surface area (Å²) in [5.74, 6) is 0.823. The zero-order valence-electron chi connectivity index (χ0n) is 11.1. The first-order chi connectivity index (χ1) is 9.45. The van der Waals surface area contributed by atoms with E-state index in [4.69, 9.17) is 0 Å². The van der Waals surface area contributed by atoms with Gasteiger partial charge < -0.3 is 5.32 Å². The monoisotopic (exact) mass is 380 g/mol. The van der Waals surface area contributed by atoms with Gasteiger partial charge in [0.05, 0.1) is 4.90 Å². The molecule has 1 heterocycles. The number of benzene rings is 1. The van der Waals surface area contributed by atoms with Crippen LogP contribution >= 0.6 is 15.9 Å². The quantitative estimate of drug-likeness (QED) is 0.843. The second-order valence-corrected chi connectivity index (χ2v) is 9.00. The van der Waals surface area contributed by atoms with Crippen LogP contribution in [0.5, 0.6) is 0 Å². The number of nitrogens with zero attached hydrogens (tertiary/aromatic N) is 1. The Bertz CT molecular complexity index is 609. The minimum atomic E-state index is -3.52. The summed E-state index contributed by atoms with van der Waals surface area (Å²) >= 11 is 3.34. The lowest BCUT2D eigenvalue weighted by Gasteiger charge is -2.26. The molecule has 0 unspecified atom stereocenters. The van der Waals surface area contributed by atoms with E-state index in [1.807, 2.05) is 13.1 Å². The summed E-state index contributed by atoms with van der Waals surface area (Å²) in [5, 5.41) is 3.02. The Morgan fingerprint density at radius 2 is 2.00 bits per heavy atom. The van der Waals surface area contributed by atoms with Gasteiger partial charge in [0.15, 0.2) is 0 Å². The molecule has 0 spiro atoms. The molecule has 20 heavy (non-hydrogen) atoms. The molecule has 0 radical (unpaired) electrons. The summed E-state index contributed by atoms with van der Waals surface area (Å²) in [6, 6.07) is 5.24. The van der Waals surface area contributed by atoms with E-state index in [-0.39, 0.29) is 4.90 Å². The molecule has 0 amide bonds. The van der Waals surface area contributed by atoms with Crippen LogP contribution in [0.2, 0.25) is 0 Å². The molecule has 1 fully saturated rings. The van der Waals surface area contributed by atoms with Crippen LogP contribution < -0.4 is 5.32 Å². The fourth-order valence-electron chi connectivity index (χ4n) is 2.07. The number of rotatable bonds is 4. The van der Waals surface area contributed by atoms with Gasteiger partial charge in [-0.25, -0.2) is 8.42 Å². The van der Waals surface area contributed by atoms with E-state index in [2.05, 4.69) is 21.2 Å². The van der Waals surface area contributed by atoms with Gasteiger partial charge in [-0.1, -0.05) is 6.07 Å². The predicted molar refractivity (Wildman–Crippen MR) is 83.5 cm³/mol. The van der Waals surface area contributed by atoms with Gasteiger partial charge in [0, 0.05) is 46.4 Å². The highest BCUT2D eigenvalue weighted by atomic mass is 79.9. The van der Waals surface area contributed by atoms with E-state index >= 15 is 0 Å². The molecule has 1 aromatic rings. The molecule has 112 valence electrons. The predicted octanol–water partition coefficient (Wildman–Crippen LogP) is 0.921. The molecule has 0 aliphatic carbocycles. The van der Waals surface area contributed by atoms with E-state index in [0.717, 1.165) is 5.56 Å². The van der Waals surface area contributed by atoms with Gasteiger partial charge in [-0.05, 0) is 40.7 Å². The molecule has 0 bridgehead atoms. The van der Waals surface area contributed by atoms with Crippen LogP contribution in [0, 0.1) is 0 Å². The number of halogens is 1. The van der Waals surface area contributed by atoms with Crippen molar-refractivity contribution in [3.05, 3.63) is 28.2 Å². The summed E-state index contributed by atoms with van der Waals surface area (Å²) in [5.41, 5.74) is 1.01. The molecule has 5 nitrogen and oxygen atoms in total. The summed E-state index contributed by atoms with van der Waals surface area (Å²) < 4.78 is 38.4. The molecule has 1 N–H and O–H groups in total. The third kappa shape index (κ3) is 3.48. The first-order valence-electron chi connectivity index (χ1n) is 6.23. The van der Waals surface area contributed by atoms with E-state index in [0.29, 0.717) is 35.6 Å². The maximum absolute atomic E-state index is 12.6. The van der Waals surface area contributed by atoms with Crippen LogP contribution in [-0.2, 0) is 27.4 Å². The number of nitrogens with one attached hydrogen (secondary N) is 1. The van der Waals surface area contributed by atoms with E-state index < -0.39 is 20.8 Å². The SMILES string of the molecule is CNCc1ccc(S(=O)(=O)N2CCS(=O)CC2)c(Br)c1. The van der Waals surface area contributed by atoms with Crippen molar-refractivity contribution >= 4 is 36.8 Å². The summed E-state index contributed by atoms with van der Waals surface area (Å²) in [4.78, 5) is 0.269. The largest absolute Gasteiger partial charge is 0.316 e. The van der Waals surface area contributed by atoms with Crippen LogP contribution in [0.3, 0.4) is 0 Å². The topological polar surface area (TPSA) is 66.5 Å². The Morgan fingerprint density at radius 3 is 2.55 bits per heavy atom. The number of hydrogen-bond donors (Lipinski definition) is 1. The molecule has 0 aromatic heterocycles. The third-order valence-corrected chi connectivity index (χ3v) is 7.28. The molecule has 8 heteroatoms. The second kappa shape index (κ2) is 6.65. The van der Waals surface area contributed by atoms with Crippen LogP contribution in [0.1, 0.15) is 5.56 Å². The minimum absolute atomic E-state index is 0.269. The van der Waals surface area contributed by atoms with Crippen molar-refractivity contribution in [1.82, 2.24) is 9.62 Å². The van der Waals surface area contributed by atoms with Gasteiger partial charge in [0.2, 0.25) is 10.0 Å². The van der Waals surface area contributed by atoms with Crippen molar-refractivity contribution in [3.8, 4) is 0 Å². The Balaban J connectivity index is 2.27. The summed E-state index contributed by atoms with van der Waals surface area (Å²) in [7, 11) is -2.57. The van der Waals surface area contributed by atoms with Crippen molar-refractivity contribution in [2.45, 2.75) is 11.4 Å². The first-order valence-corrected chi connectivity index (χ1v) is 9.95. The molecule has 2 rings (SSSR count). The maximum atomic E-state index is 12.6. The normalized spacial score (nSPS) is 18.3. The van der Waals surface area contributed by atoms with Crippen molar-refractivity contribution in [2.24, 2.45) is 0 Å². The Kier molecular flexibility index (Phi) is 5.36. The van der Waals surface area contributed by atoms with Gasteiger partial charge >= 0.3 is 0 Å². The average molecular weight is 381 g/mol. The summed E-state index contributed by atoms with van der Waals surface area (Å²) in [6.45, 7) is 1.32. The smallest absolute Gasteiger partial charge is 0.244 e. The average Bonchev–Trinajstić information content (AvgIpc) is 2.39. The van der Waals surface area contributed by atoms with Crippen molar-refractivity contribution in [2.75, 3.05) is 31.6 Å². The lowest BCUT2D eigenvalue weighted by Crippen LogP contribution is -2.41. The lowest BCUT2D eigenvalue weighted by atomic mass is 10.2. The molecule has 1 aromatic carbocycles. The van der Waals surface area contributed by atoms with Crippen LogP contribution in [0.4, 0.5) is 0 Å². The van der Waals surface area contributed by atoms with Crippen molar-refractivity contribution in [3.63, 3.8) is 0 Å². The molecule has 1 aliphatic heterocycles. The standard InChI is InChI=1S/C12H17BrN2O3S2/c1-14-9-10-2-3-12(11(13)8-10)20(17,18)15-4-6-19(16)7-5-15/h2-3,8,14H,4-7,9H2,1H3. The molecule has 1 saturated heterocycles. The van der Waals surface area contributed by atoms with Gasteiger partial charge in [0.25, 0.3) is 0 Å². The van der Waals surface area contributed by atoms with Gasteiger partial charge in [-0.2, -0.15) is 4.31 Å². The molecule has 0 saturated carbocycles. The van der Waals surface area contributed by atoms with E-state index in [9.17, 15) is 12.6 Å². The zero-order valence-corrected chi connectivity index (χ0v) is 14.4. The second-order valence-electron chi connectivity index (χ2n) is 4.55. The highest BCUT2D eigenvalue weighted by molar-refractivity contribution is 9.10. The minimum Gasteiger partial charge on any atom is -0.316 e. The van der Waals surface area contributed by atoms with E-state index in [1.165, 1.54) is 4.31 Å². The van der Waals surface area contributed by atoms with Crippen LogP contribution in [0.15, 0.2) is 27.6 Å². The van der Waals surface area contributed by atoms with Crippen LogP contribution in [-0.4, -0.2) is 48.6 Å². The van der Waals surface area contributed by atoms with Crippen molar-refractivity contribution in [1.29, 1.82) is 0 Å². The zero-order chi connectivity index (χ0) is 14.8. The third-order valence-electron chi connectivity index (χ3n) is 3.13. The fourth-order valence-corrected chi connectivity index (χ4v) is 5.88. The van der Waals surface area contributed by atoms with Crippen LogP contribution in [0.25, 0.3) is 0 Å². The number of sulfonamides is 1. The van der Waals surface area contributed by atoms with Gasteiger partial charge in [-0.3, -0.25) is 4.21 Å². The molecular formula is C12H17BrN2O3S2. The highest BCUT2D eigenvalue weighted by Gasteiger charge is 2.29. The fraction of sp³-hybridized carbons (Fsp3) is 0.500. The summed E-state index contributed by atoms with van der Waals surface area (Å²) in [6.07, 6.45) is 0. The van der Waals surface area contributed by atoms with Crippen molar-refractivity contribution < 1.29 is 12.6 Å². The number of hydrogen-bond acceptors (Lipinski definition) is 4. The van der Waals surface area contributed by atoms with Gasteiger partial charge in [-0.15, -0.1) is 0 Å². The van der Waals surface area contributed by atoms with E-state index in [1.54, 1.807) is 12.1 Å². The molecule has 0 atom stereocenters. The Hall–Kier alpha value is -0.280. The highest BCUT2D eigenvalue weighted by Crippen LogP contribution is 2.27.